The summed E-state index contributed by atoms with van der Waals surface area (Å²) in [5.41, 5.74) is 0.833. The van der Waals surface area contributed by atoms with Crippen molar-refractivity contribution >= 4 is 18.3 Å². The SMILES string of the molecule is CC1(C)CCCN(C(=O)c2cn(C3CCNCC3)nn2)CC1.Cl. The molecule has 2 saturated heterocycles. The minimum absolute atomic E-state index is 0. The van der Waals surface area contributed by atoms with E-state index in [4.69, 9.17) is 0 Å². The molecule has 0 aliphatic carbocycles. The van der Waals surface area contributed by atoms with Crippen LogP contribution >= 0.6 is 12.4 Å². The summed E-state index contributed by atoms with van der Waals surface area (Å²) in [5.74, 6) is 0.0397. The number of rotatable bonds is 2. The van der Waals surface area contributed by atoms with Crippen molar-refractivity contribution in [2.24, 2.45) is 5.41 Å². The van der Waals surface area contributed by atoms with Crippen LogP contribution in [0.15, 0.2) is 6.20 Å². The zero-order valence-electron chi connectivity index (χ0n) is 14.1. The molecule has 0 aromatic carbocycles. The first-order valence-electron chi connectivity index (χ1n) is 8.47. The lowest BCUT2D eigenvalue weighted by molar-refractivity contribution is 0.0751. The van der Waals surface area contributed by atoms with Crippen molar-refractivity contribution in [3.05, 3.63) is 11.9 Å². The maximum atomic E-state index is 12.7. The van der Waals surface area contributed by atoms with E-state index in [1.807, 2.05) is 15.8 Å². The van der Waals surface area contributed by atoms with Crippen molar-refractivity contribution in [3.63, 3.8) is 0 Å². The van der Waals surface area contributed by atoms with Gasteiger partial charge in [0.05, 0.1) is 12.2 Å². The van der Waals surface area contributed by atoms with Gasteiger partial charge in [0.1, 0.15) is 0 Å². The molecule has 23 heavy (non-hydrogen) atoms. The van der Waals surface area contributed by atoms with Gasteiger partial charge in [-0.3, -0.25) is 4.79 Å². The summed E-state index contributed by atoms with van der Waals surface area (Å²) >= 11 is 0. The van der Waals surface area contributed by atoms with Crippen molar-refractivity contribution in [1.29, 1.82) is 0 Å². The smallest absolute Gasteiger partial charge is 0.276 e. The van der Waals surface area contributed by atoms with Crippen LogP contribution in [0, 0.1) is 5.41 Å². The minimum Gasteiger partial charge on any atom is -0.337 e. The van der Waals surface area contributed by atoms with Gasteiger partial charge >= 0.3 is 0 Å². The summed E-state index contributed by atoms with van der Waals surface area (Å²) in [6.45, 7) is 8.25. The molecule has 0 spiro atoms. The van der Waals surface area contributed by atoms with Gasteiger partial charge in [-0.15, -0.1) is 17.5 Å². The Labute approximate surface area is 144 Å². The van der Waals surface area contributed by atoms with E-state index in [0.29, 0.717) is 17.2 Å². The number of carbonyl (C=O) groups excluding carboxylic acids is 1. The van der Waals surface area contributed by atoms with Gasteiger partial charge < -0.3 is 10.2 Å². The molecule has 2 aliphatic rings. The van der Waals surface area contributed by atoms with Crippen molar-refractivity contribution in [2.75, 3.05) is 26.2 Å². The van der Waals surface area contributed by atoms with Crippen molar-refractivity contribution in [1.82, 2.24) is 25.2 Å². The average Bonchev–Trinajstić information content (AvgIpc) is 2.93. The lowest BCUT2D eigenvalue weighted by atomic mass is 9.85. The van der Waals surface area contributed by atoms with E-state index in [9.17, 15) is 4.79 Å². The standard InChI is InChI=1S/C16H27N5O.ClH/c1-16(2)6-3-10-20(11-7-16)15(22)14-12-21(19-18-14)13-4-8-17-9-5-13;/h12-13,17H,3-11H2,1-2H3;1H. The van der Waals surface area contributed by atoms with Crippen LogP contribution in [0.3, 0.4) is 0 Å². The lowest BCUT2D eigenvalue weighted by Crippen LogP contribution is -2.32. The second-order valence-corrected chi connectivity index (χ2v) is 7.37. The third-order valence-electron chi connectivity index (χ3n) is 5.04. The summed E-state index contributed by atoms with van der Waals surface area (Å²) in [4.78, 5) is 14.6. The number of nitrogens with one attached hydrogen (secondary N) is 1. The normalized spacial score (nSPS) is 22.3. The summed E-state index contributed by atoms with van der Waals surface area (Å²) in [6, 6.07) is 0.373. The minimum atomic E-state index is 0. The molecule has 7 heteroatoms. The van der Waals surface area contributed by atoms with Crippen molar-refractivity contribution in [2.45, 2.75) is 52.0 Å². The van der Waals surface area contributed by atoms with Crippen LogP contribution in [0.5, 0.6) is 0 Å². The maximum absolute atomic E-state index is 12.7. The third kappa shape index (κ3) is 4.44. The highest BCUT2D eigenvalue weighted by atomic mass is 35.5. The Morgan fingerprint density at radius 1 is 1.26 bits per heavy atom. The molecule has 6 nitrogen and oxygen atoms in total. The largest absolute Gasteiger partial charge is 0.337 e. The van der Waals surface area contributed by atoms with Gasteiger partial charge in [-0.1, -0.05) is 19.1 Å². The molecule has 3 heterocycles. The van der Waals surface area contributed by atoms with E-state index in [0.717, 1.165) is 51.9 Å². The van der Waals surface area contributed by atoms with Gasteiger partial charge in [-0.2, -0.15) is 0 Å². The van der Waals surface area contributed by atoms with Gasteiger partial charge in [0.2, 0.25) is 0 Å². The number of hydrogen-bond donors (Lipinski definition) is 1. The fourth-order valence-electron chi connectivity index (χ4n) is 3.41. The van der Waals surface area contributed by atoms with Gasteiger partial charge in [-0.25, -0.2) is 4.68 Å². The topological polar surface area (TPSA) is 63.1 Å². The molecule has 2 fully saturated rings. The zero-order chi connectivity index (χ0) is 15.6. The number of aromatic nitrogens is 3. The van der Waals surface area contributed by atoms with E-state index in [1.54, 1.807) is 0 Å². The Kier molecular flexibility index (Phi) is 6.03. The number of halogens is 1. The van der Waals surface area contributed by atoms with Crippen LogP contribution in [0.25, 0.3) is 0 Å². The van der Waals surface area contributed by atoms with Crippen LogP contribution in [0.2, 0.25) is 0 Å². The van der Waals surface area contributed by atoms with Crippen LogP contribution in [-0.4, -0.2) is 52.0 Å². The molecule has 1 aromatic rings. The van der Waals surface area contributed by atoms with E-state index >= 15 is 0 Å². The molecule has 0 bridgehead atoms. The van der Waals surface area contributed by atoms with E-state index < -0.39 is 0 Å². The second-order valence-electron chi connectivity index (χ2n) is 7.37. The fourth-order valence-corrected chi connectivity index (χ4v) is 3.41. The predicted molar refractivity (Wildman–Crippen MR) is 91.9 cm³/mol. The van der Waals surface area contributed by atoms with Crippen LogP contribution in [-0.2, 0) is 0 Å². The second kappa shape index (κ2) is 7.62. The molecule has 2 aliphatic heterocycles. The summed E-state index contributed by atoms with van der Waals surface area (Å²) < 4.78 is 1.88. The number of carbonyl (C=O) groups is 1. The highest BCUT2D eigenvalue weighted by Crippen LogP contribution is 2.30. The van der Waals surface area contributed by atoms with Crippen LogP contribution in [0.4, 0.5) is 0 Å². The monoisotopic (exact) mass is 341 g/mol. The van der Waals surface area contributed by atoms with Gasteiger partial charge in [0, 0.05) is 13.1 Å². The maximum Gasteiger partial charge on any atom is 0.276 e. The number of likely N-dealkylation sites (tertiary alicyclic amines) is 1. The molecule has 130 valence electrons. The first-order chi connectivity index (χ1) is 10.6. The molecule has 0 unspecified atom stereocenters. The number of hydrogen-bond acceptors (Lipinski definition) is 4. The molecule has 1 amide bonds. The molecule has 0 atom stereocenters. The molecular formula is C16H28ClN5O. The van der Waals surface area contributed by atoms with Gasteiger partial charge in [0.15, 0.2) is 5.69 Å². The third-order valence-corrected chi connectivity index (χ3v) is 5.04. The van der Waals surface area contributed by atoms with Gasteiger partial charge in [-0.05, 0) is 50.6 Å². The number of amides is 1. The molecule has 0 radical (unpaired) electrons. The quantitative estimate of drug-likeness (QED) is 0.896. The molecular weight excluding hydrogens is 314 g/mol. The van der Waals surface area contributed by atoms with Crippen molar-refractivity contribution in [3.8, 4) is 0 Å². The lowest BCUT2D eigenvalue weighted by Gasteiger charge is -2.23. The van der Waals surface area contributed by atoms with E-state index in [-0.39, 0.29) is 18.3 Å². The van der Waals surface area contributed by atoms with E-state index in [1.165, 1.54) is 6.42 Å². The van der Waals surface area contributed by atoms with E-state index in [2.05, 4.69) is 29.5 Å². The molecule has 1 N–H and O–H groups in total. The predicted octanol–water partition coefficient (Wildman–Crippen LogP) is 2.28. The highest BCUT2D eigenvalue weighted by molar-refractivity contribution is 5.91. The average molecular weight is 342 g/mol. The highest BCUT2D eigenvalue weighted by Gasteiger charge is 2.27. The first-order valence-corrected chi connectivity index (χ1v) is 8.47. The molecule has 0 saturated carbocycles. The number of nitrogens with zero attached hydrogens (tertiary/aromatic N) is 4. The Morgan fingerprint density at radius 2 is 2.00 bits per heavy atom. The number of piperidine rings is 1. The zero-order valence-corrected chi connectivity index (χ0v) is 14.9. The Morgan fingerprint density at radius 3 is 2.74 bits per heavy atom. The molecule has 1 aromatic heterocycles. The Bertz CT molecular complexity index is 524. The fraction of sp³-hybridized carbons (Fsp3) is 0.812. The summed E-state index contributed by atoms with van der Waals surface area (Å²) in [6.07, 6.45) is 7.25. The Hall–Kier alpha value is -1.14. The van der Waals surface area contributed by atoms with Crippen LogP contribution in [0.1, 0.15) is 62.5 Å². The summed E-state index contributed by atoms with van der Waals surface area (Å²) in [7, 11) is 0. The summed E-state index contributed by atoms with van der Waals surface area (Å²) in [5, 5.41) is 11.7. The van der Waals surface area contributed by atoms with Crippen molar-refractivity contribution < 1.29 is 4.79 Å². The molecule has 3 rings (SSSR count). The first kappa shape index (κ1) is 18.2. The van der Waals surface area contributed by atoms with Gasteiger partial charge in [0.25, 0.3) is 5.91 Å². The Balaban J connectivity index is 0.00000192. The van der Waals surface area contributed by atoms with Crippen LogP contribution < -0.4 is 5.32 Å².